The molecule has 0 bridgehead atoms. The molecule has 2 aromatic rings. The number of benzene rings is 2. The van der Waals surface area contributed by atoms with Gasteiger partial charge in [-0.2, -0.15) is 0 Å². The van der Waals surface area contributed by atoms with Gasteiger partial charge in [-0.15, -0.1) is 0 Å². The Labute approximate surface area is 149 Å². The lowest BCUT2D eigenvalue weighted by molar-refractivity contribution is 0.0649. The summed E-state index contributed by atoms with van der Waals surface area (Å²) in [5.74, 6) is 0.201. The molecule has 1 aliphatic heterocycles. The maximum absolute atomic E-state index is 12.2. The summed E-state index contributed by atoms with van der Waals surface area (Å²) in [6, 6.07) is 12.0. The van der Waals surface area contributed by atoms with Gasteiger partial charge >= 0.3 is 0 Å². The molecule has 6 heteroatoms. The van der Waals surface area contributed by atoms with Crippen molar-refractivity contribution in [3.63, 3.8) is 0 Å². The molecular weight excluding hydrogens is 349 g/mol. The van der Waals surface area contributed by atoms with Crippen molar-refractivity contribution in [1.82, 2.24) is 4.90 Å². The molecule has 124 valence electrons. The number of ether oxygens (including phenoxy) is 1. The van der Waals surface area contributed by atoms with Crippen molar-refractivity contribution in [3.8, 4) is 5.75 Å². The molecule has 0 aromatic heterocycles. The third kappa shape index (κ3) is 3.40. The molecule has 2 aromatic carbocycles. The molecule has 0 atom stereocenters. The number of hydrogen-bond donors (Lipinski definition) is 0. The van der Waals surface area contributed by atoms with Gasteiger partial charge in [0.05, 0.1) is 27.8 Å². The molecule has 3 rings (SSSR count). The molecule has 1 heterocycles. The minimum atomic E-state index is -0.221. The maximum Gasteiger partial charge on any atom is 0.261 e. The quantitative estimate of drug-likeness (QED) is 0.562. The zero-order valence-corrected chi connectivity index (χ0v) is 14.3. The molecule has 0 N–H and O–H groups in total. The van der Waals surface area contributed by atoms with E-state index in [1.54, 1.807) is 42.5 Å². The topological polar surface area (TPSA) is 46.6 Å². The Hall–Kier alpha value is -2.04. The van der Waals surface area contributed by atoms with Gasteiger partial charge in [-0.25, -0.2) is 0 Å². The summed E-state index contributed by atoms with van der Waals surface area (Å²) in [6.45, 7) is 0.859. The first kappa shape index (κ1) is 16.8. The number of fused-ring (bicyclic) bond motifs is 1. The normalized spacial score (nSPS) is 13.3. The SMILES string of the molecule is O=C1c2ccccc2C(=O)N1CCCCOc1ccc(Cl)c(Cl)c1. The van der Waals surface area contributed by atoms with Crippen molar-refractivity contribution < 1.29 is 14.3 Å². The zero-order chi connectivity index (χ0) is 17.1. The Bertz CT molecular complexity index is 757. The van der Waals surface area contributed by atoms with Crippen molar-refractivity contribution in [2.75, 3.05) is 13.2 Å². The highest BCUT2D eigenvalue weighted by atomic mass is 35.5. The van der Waals surface area contributed by atoms with Crippen LogP contribution in [0.5, 0.6) is 5.75 Å². The predicted molar refractivity (Wildman–Crippen MR) is 93.0 cm³/mol. The van der Waals surface area contributed by atoms with Crippen LogP contribution in [0.25, 0.3) is 0 Å². The van der Waals surface area contributed by atoms with E-state index in [1.165, 1.54) is 4.90 Å². The van der Waals surface area contributed by atoms with Gasteiger partial charge in [-0.1, -0.05) is 35.3 Å². The molecule has 0 spiro atoms. The fraction of sp³-hybridized carbons (Fsp3) is 0.222. The van der Waals surface area contributed by atoms with E-state index in [9.17, 15) is 9.59 Å². The number of carbonyl (C=O) groups is 2. The molecule has 0 unspecified atom stereocenters. The molecule has 0 saturated carbocycles. The van der Waals surface area contributed by atoms with E-state index in [0.717, 1.165) is 0 Å². The number of halogens is 2. The smallest absolute Gasteiger partial charge is 0.261 e. The third-order valence-corrected chi connectivity index (χ3v) is 4.55. The molecule has 2 amide bonds. The third-order valence-electron chi connectivity index (χ3n) is 3.81. The molecule has 1 aliphatic rings. The largest absolute Gasteiger partial charge is 0.494 e. The van der Waals surface area contributed by atoms with Gasteiger partial charge in [0.15, 0.2) is 0 Å². The van der Waals surface area contributed by atoms with Crippen molar-refractivity contribution in [2.45, 2.75) is 12.8 Å². The number of hydrogen-bond acceptors (Lipinski definition) is 3. The van der Waals surface area contributed by atoms with Crippen molar-refractivity contribution in [2.24, 2.45) is 0 Å². The highest BCUT2D eigenvalue weighted by molar-refractivity contribution is 6.42. The van der Waals surface area contributed by atoms with Crippen LogP contribution in [-0.4, -0.2) is 29.9 Å². The van der Waals surface area contributed by atoms with Gasteiger partial charge in [0.25, 0.3) is 11.8 Å². The summed E-state index contributed by atoms with van der Waals surface area (Å²) in [6.07, 6.45) is 1.39. The lowest BCUT2D eigenvalue weighted by Gasteiger charge is -2.13. The van der Waals surface area contributed by atoms with Gasteiger partial charge in [0.2, 0.25) is 0 Å². The predicted octanol–water partition coefficient (Wildman–Crippen LogP) is 4.45. The van der Waals surface area contributed by atoms with Crippen molar-refractivity contribution in [1.29, 1.82) is 0 Å². The Kier molecular flexibility index (Phi) is 5.07. The van der Waals surface area contributed by atoms with Crippen LogP contribution < -0.4 is 4.74 Å². The number of rotatable bonds is 6. The van der Waals surface area contributed by atoms with E-state index < -0.39 is 0 Å². The average Bonchev–Trinajstić information content (AvgIpc) is 2.83. The lowest BCUT2D eigenvalue weighted by atomic mass is 10.1. The summed E-state index contributed by atoms with van der Waals surface area (Å²) in [5.41, 5.74) is 0.962. The molecule has 0 fully saturated rings. The standard InChI is InChI=1S/C18H15Cl2NO3/c19-15-8-7-12(11-16(15)20)24-10-4-3-9-21-17(22)13-5-1-2-6-14(13)18(21)23/h1-2,5-8,11H,3-4,9-10H2. The van der Waals surface area contributed by atoms with Gasteiger partial charge in [0.1, 0.15) is 5.75 Å². The fourth-order valence-electron chi connectivity index (χ4n) is 2.57. The summed E-state index contributed by atoms with van der Waals surface area (Å²) < 4.78 is 5.59. The minimum Gasteiger partial charge on any atom is -0.494 e. The Balaban J connectivity index is 1.47. The van der Waals surface area contributed by atoms with Crippen LogP contribution in [-0.2, 0) is 0 Å². The first-order valence-corrected chi connectivity index (χ1v) is 8.36. The van der Waals surface area contributed by atoms with Crippen LogP contribution in [0.2, 0.25) is 10.0 Å². The highest BCUT2D eigenvalue weighted by Crippen LogP contribution is 2.26. The number of nitrogens with zero attached hydrogens (tertiary/aromatic N) is 1. The lowest BCUT2D eigenvalue weighted by Crippen LogP contribution is -2.30. The van der Waals surface area contributed by atoms with Crippen molar-refractivity contribution in [3.05, 3.63) is 63.6 Å². The molecule has 0 aliphatic carbocycles. The molecule has 24 heavy (non-hydrogen) atoms. The number of unbranched alkanes of at least 4 members (excludes halogenated alkanes) is 1. The van der Waals surface area contributed by atoms with Crippen LogP contribution in [0.1, 0.15) is 33.6 Å². The fourth-order valence-corrected chi connectivity index (χ4v) is 2.86. The van der Waals surface area contributed by atoms with Crippen LogP contribution in [0, 0.1) is 0 Å². The van der Waals surface area contributed by atoms with Gasteiger partial charge in [0, 0.05) is 12.6 Å². The van der Waals surface area contributed by atoms with E-state index in [1.807, 2.05) is 0 Å². The van der Waals surface area contributed by atoms with Crippen LogP contribution >= 0.6 is 23.2 Å². The first-order valence-electron chi connectivity index (χ1n) is 7.61. The number of imide groups is 1. The average molecular weight is 364 g/mol. The van der Waals surface area contributed by atoms with Crippen LogP contribution in [0.15, 0.2) is 42.5 Å². The molecular formula is C18H15Cl2NO3. The molecule has 0 saturated heterocycles. The Morgan fingerprint density at radius 2 is 1.54 bits per heavy atom. The van der Waals surface area contributed by atoms with E-state index in [4.69, 9.17) is 27.9 Å². The maximum atomic E-state index is 12.2. The minimum absolute atomic E-state index is 0.221. The Morgan fingerprint density at radius 1 is 0.875 bits per heavy atom. The summed E-state index contributed by atoms with van der Waals surface area (Å²) in [4.78, 5) is 25.7. The van der Waals surface area contributed by atoms with Crippen molar-refractivity contribution >= 4 is 35.0 Å². The number of carbonyl (C=O) groups excluding carboxylic acids is 2. The van der Waals surface area contributed by atoms with E-state index in [0.29, 0.717) is 52.9 Å². The van der Waals surface area contributed by atoms with E-state index in [-0.39, 0.29) is 11.8 Å². The Morgan fingerprint density at radius 3 is 2.17 bits per heavy atom. The van der Waals surface area contributed by atoms with Gasteiger partial charge < -0.3 is 4.74 Å². The van der Waals surface area contributed by atoms with Gasteiger partial charge in [-0.3, -0.25) is 14.5 Å². The molecule has 0 radical (unpaired) electrons. The second kappa shape index (κ2) is 7.24. The van der Waals surface area contributed by atoms with Gasteiger partial charge in [-0.05, 0) is 37.1 Å². The summed E-state index contributed by atoms with van der Waals surface area (Å²) in [5, 5.41) is 0.926. The molecule has 4 nitrogen and oxygen atoms in total. The van der Waals surface area contributed by atoms with E-state index >= 15 is 0 Å². The monoisotopic (exact) mass is 363 g/mol. The first-order chi connectivity index (χ1) is 11.6. The zero-order valence-electron chi connectivity index (χ0n) is 12.8. The summed E-state index contributed by atoms with van der Waals surface area (Å²) >= 11 is 11.8. The van der Waals surface area contributed by atoms with E-state index in [2.05, 4.69) is 0 Å². The van der Waals surface area contributed by atoms with Crippen LogP contribution in [0.4, 0.5) is 0 Å². The van der Waals surface area contributed by atoms with Crippen LogP contribution in [0.3, 0.4) is 0 Å². The second-order valence-corrected chi connectivity index (χ2v) is 6.25. The summed E-state index contributed by atoms with van der Waals surface area (Å²) in [7, 11) is 0. The highest BCUT2D eigenvalue weighted by Gasteiger charge is 2.34. The second-order valence-electron chi connectivity index (χ2n) is 5.44. The number of amides is 2.